The van der Waals surface area contributed by atoms with Gasteiger partial charge in [-0.3, -0.25) is 4.79 Å². The fraction of sp³-hybridized carbons (Fsp3) is 0.562. The first-order valence-electron chi connectivity index (χ1n) is 7.13. The molecule has 1 N–H and O–H groups in total. The number of aryl methyl sites for hydroxylation is 1. The first-order chi connectivity index (χ1) is 9.53. The normalized spacial score (nSPS) is 29.6. The van der Waals surface area contributed by atoms with Crippen molar-refractivity contribution in [1.82, 2.24) is 0 Å². The van der Waals surface area contributed by atoms with E-state index in [0.29, 0.717) is 30.4 Å². The van der Waals surface area contributed by atoms with Gasteiger partial charge in [0.2, 0.25) is 0 Å². The second kappa shape index (κ2) is 5.05. The fourth-order valence-corrected chi connectivity index (χ4v) is 3.59. The Hall–Kier alpha value is -1.06. The highest BCUT2D eigenvalue weighted by Crippen LogP contribution is 2.50. The van der Waals surface area contributed by atoms with Crippen LogP contribution in [0.15, 0.2) is 18.2 Å². The Labute approximate surface area is 123 Å². The first-order valence-corrected chi connectivity index (χ1v) is 7.51. The molecule has 1 saturated carbocycles. The van der Waals surface area contributed by atoms with Gasteiger partial charge >= 0.3 is 5.97 Å². The third kappa shape index (κ3) is 2.33. The van der Waals surface area contributed by atoms with Crippen LogP contribution in [-0.2, 0) is 16.0 Å². The summed E-state index contributed by atoms with van der Waals surface area (Å²) >= 11 is 6.28. The molecule has 3 nitrogen and oxygen atoms in total. The van der Waals surface area contributed by atoms with E-state index in [1.807, 2.05) is 25.1 Å². The van der Waals surface area contributed by atoms with Crippen molar-refractivity contribution in [2.24, 2.45) is 11.3 Å². The molecule has 0 amide bonds. The summed E-state index contributed by atoms with van der Waals surface area (Å²) in [6, 6.07) is 5.83. The number of hydrogen-bond donors (Lipinski definition) is 1. The van der Waals surface area contributed by atoms with E-state index < -0.39 is 11.4 Å². The summed E-state index contributed by atoms with van der Waals surface area (Å²) in [4.78, 5) is 11.9. The zero-order valence-corrected chi connectivity index (χ0v) is 12.3. The van der Waals surface area contributed by atoms with Crippen molar-refractivity contribution < 1.29 is 14.6 Å². The van der Waals surface area contributed by atoms with E-state index in [1.165, 1.54) is 0 Å². The number of carboxylic acids is 1. The fourth-order valence-electron chi connectivity index (χ4n) is 3.28. The summed E-state index contributed by atoms with van der Waals surface area (Å²) in [6.07, 6.45) is 3.05. The van der Waals surface area contributed by atoms with E-state index >= 15 is 0 Å². The second-order valence-corrected chi connectivity index (χ2v) is 6.52. The highest BCUT2D eigenvalue weighted by molar-refractivity contribution is 6.31. The van der Waals surface area contributed by atoms with Crippen molar-refractivity contribution in [3.05, 3.63) is 34.3 Å². The van der Waals surface area contributed by atoms with E-state index in [0.717, 1.165) is 24.0 Å². The van der Waals surface area contributed by atoms with Gasteiger partial charge in [-0.15, -0.1) is 0 Å². The monoisotopic (exact) mass is 294 g/mol. The molecule has 2 unspecified atom stereocenters. The van der Waals surface area contributed by atoms with Gasteiger partial charge in [-0.05, 0) is 55.7 Å². The minimum absolute atomic E-state index is 0.155. The van der Waals surface area contributed by atoms with Crippen LogP contribution in [0.5, 0.6) is 0 Å². The summed E-state index contributed by atoms with van der Waals surface area (Å²) in [5.41, 5.74) is 1.19. The number of halogens is 1. The molecule has 1 heterocycles. The smallest absolute Gasteiger partial charge is 0.312 e. The Kier molecular flexibility index (Phi) is 3.51. The predicted octanol–water partition coefficient (Wildman–Crippen LogP) is 3.46. The Morgan fingerprint density at radius 2 is 2.25 bits per heavy atom. The average molecular weight is 295 g/mol. The summed E-state index contributed by atoms with van der Waals surface area (Å²) in [7, 11) is 0. The second-order valence-electron chi connectivity index (χ2n) is 6.11. The number of aliphatic carboxylic acids is 1. The molecule has 4 heteroatoms. The first kappa shape index (κ1) is 13.9. The molecule has 3 rings (SSSR count). The topological polar surface area (TPSA) is 46.5 Å². The molecule has 108 valence electrons. The van der Waals surface area contributed by atoms with Gasteiger partial charge in [0.1, 0.15) is 5.41 Å². The van der Waals surface area contributed by atoms with Crippen LogP contribution >= 0.6 is 11.6 Å². The highest BCUT2D eigenvalue weighted by atomic mass is 35.5. The van der Waals surface area contributed by atoms with Crippen molar-refractivity contribution in [3.8, 4) is 0 Å². The lowest BCUT2D eigenvalue weighted by Gasteiger charge is -2.30. The summed E-state index contributed by atoms with van der Waals surface area (Å²) in [5, 5.41) is 10.5. The highest BCUT2D eigenvalue weighted by Gasteiger charge is 2.55. The van der Waals surface area contributed by atoms with Gasteiger partial charge in [0.25, 0.3) is 0 Å². The lowest BCUT2D eigenvalue weighted by molar-refractivity contribution is -0.153. The maximum atomic E-state index is 11.9. The van der Waals surface area contributed by atoms with Crippen LogP contribution in [0, 0.1) is 18.3 Å². The Balaban J connectivity index is 1.92. The van der Waals surface area contributed by atoms with Crippen LogP contribution in [-0.4, -0.2) is 23.8 Å². The Morgan fingerprint density at radius 3 is 2.85 bits per heavy atom. The summed E-state index contributed by atoms with van der Waals surface area (Å²) in [6.45, 7) is 2.52. The lowest BCUT2D eigenvalue weighted by atomic mass is 9.74. The van der Waals surface area contributed by atoms with Crippen molar-refractivity contribution in [2.75, 3.05) is 6.61 Å². The Bertz CT molecular complexity index is 539. The average Bonchev–Trinajstić information content (AvgIpc) is 3.14. The number of carboxylic acid groups (broad SMARTS) is 1. The van der Waals surface area contributed by atoms with Gasteiger partial charge in [-0.2, -0.15) is 0 Å². The molecule has 1 aromatic carbocycles. The molecule has 1 saturated heterocycles. The molecule has 2 atom stereocenters. The van der Waals surface area contributed by atoms with Gasteiger partial charge in [-0.1, -0.05) is 23.7 Å². The third-order valence-electron chi connectivity index (χ3n) is 4.58. The number of carbonyl (C=O) groups is 1. The standard InChI is InChI=1S/C16H19ClO3/c1-10-2-3-12(13(17)8-10)9-16(15(18)19)6-7-20-14(16)11-4-5-11/h2-3,8,11,14H,4-7,9H2,1H3,(H,18,19). The van der Waals surface area contributed by atoms with Gasteiger partial charge in [0, 0.05) is 11.6 Å². The van der Waals surface area contributed by atoms with E-state index in [9.17, 15) is 9.90 Å². The molecule has 0 radical (unpaired) electrons. The van der Waals surface area contributed by atoms with Gasteiger partial charge in [0.15, 0.2) is 0 Å². The zero-order chi connectivity index (χ0) is 14.3. The van der Waals surface area contributed by atoms with E-state index in [4.69, 9.17) is 16.3 Å². The molecule has 1 aromatic rings. The molecular weight excluding hydrogens is 276 g/mol. The predicted molar refractivity (Wildman–Crippen MR) is 77.0 cm³/mol. The quantitative estimate of drug-likeness (QED) is 0.925. The third-order valence-corrected chi connectivity index (χ3v) is 4.93. The summed E-state index contributed by atoms with van der Waals surface area (Å²) < 4.78 is 5.77. The van der Waals surface area contributed by atoms with Crippen molar-refractivity contribution >= 4 is 17.6 Å². The summed E-state index contributed by atoms with van der Waals surface area (Å²) in [5.74, 6) is -0.332. The van der Waals surface area contributed by atoms with Crippen molar-refractivity contribution in [3.63, 3.8) is 0 Å². The van der Waals surface area contributed by atoms with Gasteiger partial charge < -0.3 is 9.84 Å². The van der Waals surface area contributed by atoms with Crippen LogP contribution in [0.1, 0.15) is 30.4 Å². The SMILES string of the molecule is Cc1ccc(CC2(C(=O)O)CCOC2C2CC2)c(Cl)c1. The zero-order valence-electron chi connectivity index (χ0n) is 11.6. The minimum atomic E-state index is -0.805. The lowest BCUT2D eigenvalue weighted by Crippen LogP contribution is -2.42. The molecule has 20 heavy (non-hydrogen) atoms. The molecule has 2 fully saturated rings. The largest absolute Gasteiger partial charge is 0.481 e. The van der Waals surface area contributed by atoms with Crippen LogP contribution in [0.3, 0.4) is 0 Å². The van der Waals surface area contributed by atoms with Crippen LogP contribution < -0.4 is 0 Å². The number of hydrogen-bond acceptors (Lipinski definition) is 2. The van der Waals surface area contributed by atoms with Crippen molar-refractivity contribution in [2.45, 2.75) is 38.7 Å². The van der Waals surface area contributed by atoms with Crippen LogP contribution in [0.2, 0.25) is 5.02 Å². The van der Waals surface area contributed by atoms with Crippen molar-refractivity contribution in [1.29, 1.82) is 0 Å². The van der Waals surface area contributed by atoms with E-state index in [2.05, 4.69) is 0 Å². The molecule has 1 aliphatic carbocycles. The molecule has 0 bridgehead atoms. The van der Waals surface area contributed by atoms with Gasteiger partial charge in [-0.25, -0.2) is 0 Å². The molecule has 0 aromatic heterocycles. The maximum absolute atomic E-state index is 11.9. The van der Waals surface area contributed by atoms with Crippen LogP contribution in [0.25, 0.3) is 0 Å². The minimum Gasteiger partial charge on any atom is -0.481 e. The van der Waals surface area contributed by atoms with E-state index in [-0.39, 0.29) is 6.10 Å². The Morgan fingerprint density at radius 1 is 1.50 bits per heavy atom. The number of benzene rings is 1. The maximum Gasteiger partial charge on any atom is 0.312 e. The molecule has 0 spiro atoms. The van der Waals surface area contributed by atoms with E-state index in [1.54, 1.807) is 0 Å². The molecular formula is C16H19ClO3. The molecule has 1 aliphatic heterocycles. The molecule has 2 aliphatic rings. The van der Waals surface area contributed by atoms with Crippen LogP contribution in [0.4, 0.5) is 0 Å². The number of ether oxygens (including phenoxy) is 1. The van der Waals surface area contributed by atoms with Gasteiger partial charge in [0.05, 0.1) is 6.10 Å². The number of rotatable bonds is 4.